The van der Waals surface area contributed by atoms with Crippen molar-refractivity contribution < 1.29 is 32.6 Å². The Morgan fingerprint density at radius 3 is 2.12 bits per heavy atom. The molecule has 8 heteroatoms. The molecule has 0 aliphatic carbocycles. The number of carbonyl (C=O) groups excluding carboxylic acids is 1. The Hall–Kier alpha value is -4.07. The van der Waals surface area contributed by atoms with Gasteiger partial charge in [0.1, 0.15) is 5.75 Å². The molecule has 0 fully saturated rings. The topological polar surface area (TPSA) is 68.5 Å². The second kappa shape index (κ2) is 8.22. The maximum atomic E-state index is 13.5. The molecule has 4 aromatic rings. The molecule has 4 rings (SSSR count). The molecule has 1 aromatic heterocycles. The minimum absolute atomic E-state index is 0.124. The number of benzene rings is 3. The van der Waals surface area contributed by atoms with Gasteiger partial charge in [0.15, 0.2) is 0 Å². The van der Waals surface area contributed by atoms with Crippen LogP contribution >= 0.6 is 0 Å². The number of hydrogen-bond donors (Lipinski definition) is 1. The SMILES string of the molecule is O=C(O)Cc1c(-c2ccccc2)n(C(=O)c2ccc(OC(F)(F)F)cc2)c2ccccc12. The van der Waals surface area contributed by atoms with Crippen molar-refractivity contribution in [2.24, 2.45) is 0 Å². The number of hydrogen-bond acceptors (Lipinski definition) is 3. The number of ether oxygens (including phenoxy) is 1. The van der Waals surface area contributed by atoms with E-state index in [1.54, 1.807) is 54.6 Å². The Kier molecular flexibility index (Phi) is 5.44. The minimum Gasteiger partial charge on any atom is -0.481 e. The van der Waals surface area contributed by atoms with E-state index in [1.807, 2.05) is 0 Å². The first-order chi connectivity index (χ1) is 15.2. The number of carbonyl (C=O) groups is 2. The largest absolute Gasteiger partial charge is 0.573 e. The van der Waals surface area contributed by atoms with E-state index in [4.69, 9.17) is 0 Å². The summed E-state index contributed by atoms with van der Waals surface area (Å²) >= 11 is 0. The molecule has 0 amide bonds. The van der Waals surface area contributed by atoms with Gasteiger partial charge in [-0.3, -0.25) is 14.2 Å². The molecular weight excluding hydrogens is 423 g/mol. The summed E-state index contributed by atoms with van der Waals surface area (Å²) in [6.45, 7) is 0. The zero-order valence-electron chi connectivity index (χ0n) is 16.5. The Morgan fingerprint density at radius 2 is 1.50 bits per heavy atom. The average molecular weight is 439 g/mol. The van der Waals surface area contributed by atoms with Crippen LogP contribution in [0.3, 0.4) is 0 Å². The third kappa shape index (κ3) is 4.20. The number of fused-ring (bicyclic) bond motifs is 1. The molecule has 1 heterocycles. The summed E-state index contributed by atoms with van der Waals surface area (Å²) in [6, 6.07) is 20.4. The predicted molar refractivity (Wildman–Crippen MR) is 112 cm³/mol. The molecule has 0 radical (unpaired) electrons. The molecule has 0 bridgehead atoms. The van der Waals surface area contributed by atoms with Crippen molar-refractivity contribution in [2.75, 3.05) is 0 Å². The number of halogens is 3. The highest BCUT2D eigenvalue weighted by molar-refractivity contribution is 6.08. The van der Waals surface area contributed by atoms with E-state index in [0.29, 0.717) is 27.7 Å². The smallest absolute Gasteiger partial charge is 0.481 e. The maximum absolute atomic E-state index is 13.5. The second-order valence-corrected chi connectivity index (χ2v) is 6.99. The molecule has 0 aliphatic heterocycles. The summed E-state index contributed by atoms with van der Waals surface area (Å²) < 4.78 is 42.6. The van der Waals surface area contributed by atoms with Crippen molar-refractivity contribution in [2.45, 2.75) is 12.8 Å². The Labute approximate surface area is 180 Å². The van der Waals surface area contributed by atoms with Crippen LogP contribution < -0.4 is 4.74 Å². The van der Waals surface area contributed by atoms with Crippen LogP contribution in [0.2, 0.25) is 0 Å². The molecule has 0 aliphatic rings. The second-order valence-electron chi connectivity index (χ2n) is 6.99. The van der Waals surface area contributed by atoms with Crippen molar-refractivity contribution in [1.82, 2.24) is 4.57 Å². The standard InChI is InChI=1S/C24H16F3NO4/c25-24(26,27)32-17-12-10-16(11-13-17)23(31)28-20-9-5-4-8-18(20)19(14-21(29)30)22(28)15-6-2-1-3-7-15/h1-13H,14H2,(H,29,30). The van der Waals surface area contributed by atoms with Gasteiger partial charge in [-0.1, -0.05) is 48.5 Å². The number of nitrogens with zero attached hydrogens (tertiary/aromatic N) is 1. The number of rotatable bonds is 5. The lowest BCUT2D eigenvalue weighted by molar-refractivity contribution is -0.274. The van der Waals surface area contributed by atoms with Crippen LogP contribution in [0, 0.1) is 0 Å². The van der Waals surface area contributed by atoms with Gasteiger partial charge in [0, 0.05) is 10.9 Å². The Bertz CT molecular complexity index is 1290. The first kappa shape index (κ1) is 21.2. The van der Waals surface area contributed by atoms with E-state index >= 15 is 0 Å². The quantitative estimate of drug-likeness (QED) is 0.445. The predicted octanol–water partition coefficient (Wildman–Crippen LogP) is 5.52. The average Bonchev–Trinajstić information content (AvgIpc) is 3.07. The summed E-state index contributed by atoms with van der Waals surface area (Å²) in [4.78, 5) is 25.1. The van der Waals surface area contributed by atoms with Gasteiger partial charge in [0.25, 0.3) is 5.91 Å². The molecular formula is C24H16F3NO4. The van der Waals surface area contributed by atoms with Gasteiger partial charge in [0.2, 0.25) is 0 Å². The Balaban J connectivity index is 1.90. The lowest BCUT2D eigenvalue weighted by Crippen LogP contribution is -2.17. The van der Waals surface area contributed by atoms with Crippen LogP contribution in [0.4, 0.5) is 13.2 Å². The maximum Gasteiger partial charge on any atom is 0.573 e. The zero-order chi connectivity index (χ0) is 22.9. The summed E-state index contributed by atoms with van der Waals surface area (Å²) in [7, 11) is 0. The normalized spacial score (nSPS) is 11.5. The highest BCUT2D eigenvalue weighted by atomic mass is 19.4. The molecule has 162 valence electrons. The van der Waals surface area contributed by atoms with E-state index in [9.17, 15) is 27.9 Å². The van der Waals surface area contributed by atoms with Crippen molar-refractivity contribution in [3.8, 4) is 17.0 Å². The fourth-order valence-corrected chi connectivity index (χ4v) is 3.68. The lowest BCUT2D eigenvalue weighted by atomic mass is 10.0. The van der Waals surface area contributed by atoms with Crippen LogP contribution in [-0.2, 0) is 11.2 Å². The molecule has 0 saturated carbocycles. The zero-order valence-corrected chi connectivity index (χ0v) is 16.5. The molecule has 0 saturated heterocycles. The number of aromatic nitrogens is 1. The minimum atomic E-state index is -4.84. The summed E-state index contributed by atoms with van der Waals surface area (Å²) in [6.07, 6.45) is -5.14. The van der Waals surface area contributed by atoms with E-state index in [1.165, 1.54) is 16.7 Å². The number of aliphatic carboxylic acids is 1. The van der Waals surface area contributed by atoms with Gasteiger partial charge in [-0.15, -0.1) is 13.2 Å². The van der Waals surface area contributed by atoms with Crippen molar-refractivity contribution in [3.63, 3.8) is 0 Å². The van der Waals surface area contributed by atoms with Gasteiger partial charge < -0.3 is 9.84 Å². The molecule has 1 N–H and O–H groups in total. The monoisotopic (exact) mass is 439 g/mol. The highest BCUT2D eigenvalue weighted by Crippen LogP contribution is 2.35. The molecule has 5 nitrogen and oxygen atoms in total. The van der Waals surface area contributed by atoms with Crippen molar-refractivity contribution in [1.29, 1.82) is 0 Å². The van der Waals surface area contributed by atoms with E-state index in [0.717, 1.165) is 12.1 Å². The number of carboxylic acid groups (broad SMARTS) is 1. The fourth-order valence-electron chi connectivity index (χ4n) is 3.68. The van der Waals surface area contributed by atoms with Crippen LogP contribution in [0.1, 0.15) is 15.9 Å². The first-order valence-corrected chi connectivity index (χ1v) is 9.54. The van der Waals surface area contributed by atoms with Gasteiger partial charge in [-0.25, -0.2) is 0 Å². The summed E-state index contributed by atoms with van der Waals surface area (Å²) in [5, 5.41) is 10.1. The third-order valence-electron chi connectivity index (χ3n) is 4.89. The Morgan fingerprint density at radius 1 is 0.875 bits per heavy atom. The van der Waals surface area contributed by atoms with Gasteiger partial charge in [-0.2, -0.15) is 0 Å². The van der Waals surface area contributed by atoms with Crippen LogP contribution in [0.25, 0.3) is 22.2 Å². The molecule has 0 spiro atoms. The van der Waals surface area contributed by atoms with Gasteiger partial charge in [-0.05, 0) is 41.5 Å². The van der Waals surface area contributed by atoms with Crippen LogP contribution in [0.5, 0.6) is 5.75 Å². The summed E-state index contributed by atoms with van der Waals surface area (Å²) in [5.41, 5.74) is 2.17. The van der Waals surface area contributed by atoms with Crippen LogP contribution in [0.15, 0.2) is 78.9 Å². The number of alkyl halides is 3. The fraction of sp³-hybridized carbons (Fsp3) is 0.0833. The molecule has 0 unspecified atom stereocenters. The molecule has 0 atom stereocenters. The van der Waals surface area contributed by atoms with Crippen molar-refractivity contribution in [3.05, 3.63) is 90.0 Å². The van der Waals surface area contributed by atoms with Gasteiger partial charge in [0.05, 0.1) is 17.6 Å². The number of para-hydroxylation sites is 1. The molecule has 32 heavy (non-hydrogen) atoms. The first-order valence-electron chi connectivity index (χ1n) is 9.54. The highest BCUT2D eigenvalue weighted by Gasteiger charge is 2.31. The van der Waals surface area contributed by atoms with E-state index in [2.05, 4.69) is 4.74 Å². The van der Waals surface area contributed by atoms with Crippen molar-refractivity contribution >= 4 is 22.8 Å². The third-order valence-corrected chi connectivity index (χ3v) is 4.89. The van der Waals surface area contributed by atoms with E-state index in [-0.39, 0.29) is 12.0 Å². The van der Waals surface area contributed by atoms with E-state index < -0.39 is 24.0 Å². The lowest BCUT2D eigenvalue weighted by Gasteiger charge is -2.12. The van der Waals surface area contributed by atoms with Crippen LogP contribution in [-0.4, -0.2) is 27.9 Å². The van der Waals surface area contributed by atoms with Gasteiger partial charge >= 0.3 is 12.3 Å². The summed E-state index contributed by atoms with van der Waals surface area (Å²) in [5.74, 6) is -2.00. The number of carboxylic acids is 1. The molecule has 3 aromatic carbocycles.